The Bertz CT molecular complexity index is 728. The molecule has 144 valence electrons. The van der Waals surface area contributed by atoms with Gasteiger partial charge in [0.25, 0.3) is 0 Å². The minimum atomic E-state index is -3.40. The van der Waals surface area contributed by atoms with E-state index >= 15 is 0 Å². The van der Waals surface area contributed by atoms with Crippen molar-refractivity contribution in [3.8, 4) is 0 Å². The molecule has 2 saturated heterocycles. The Morgan fingerprint density at radius 3 is 2.58 bits per heavy atom. The molecule has 0 radical (unpaired) electrons. The van der Waals surface area contributed by atoms with Gasteiger partial charge >= 0.3 is 0 Å². The zero-order valence-corrected chi connectivity index (χ0v) is 16.9. The van der Waals surface area contributed by atoms with E-state index < -0.39 is 10.0 Å². The third kappa shape index (κ3) is 4.72. The highest BCUT2D eigenvalue weighted by atomic mass is 32.2. The van der Waals surface area contributed by atoms with Gasteiger partial charge in [0.1, 0.15) is 0 Å². The lowest BCUT2D eigenvalue weighted by Gasteiger charge is -2.30. The Kier molecular flexibility index (Phi) is 6.47. The summed E-state index contributed by atoms with van der Waals surface area (Å²) in [6, 6.07) is 7.05. The number of hydrogen-bond donors (Lipinski definition) is 1. The van der Waals surface area contributed by atoms with Crippen LogP contribution < -0.4 is 5.73 Å². The second-order valence-electron chi connectivity index (χ2n) is 7.03. The minimum Gasteiger partial charge on any atom is -0.370 e. The molecule has 26 heavy (non-hydrogen) atoms. The molecule has 1 atom stereocenters. The van der Waals surface area contributed by atoms with Crippen molar-refractivity contribution in [3.05, 3.63) is 29.8 Å². The Labute approximate surface area is 160 Å². The van der Waals surface area contributed by atoms with Crippen molar-refractivity contribution < 1.29 is 8.42 Å². The number of piperidine rings is 1. The fraction of sp³-hybridized carbons (Fsp3) is 0.611. The third-order valence-electron chi connectivity index (χ3n) is 4.94. The number of hydrogen-bond acceptors (Lipinski definition) is 4. The lowest BCUT2D eigenvalue weighted by atomic mass is 10.0. The predicted molar refractivity (Wildman–Crippen MR) is 108 cm³/mol. The van der Waals surface area contributed by atoms with Gasteiger partial charge in [-0.1, -0.05) is 19.1 Å². The van der Waals surface area contributed by atoms with Crippen LogP contribution in [0.4, 0.5) is 0 Å². The van der Waals surface area contributed by atoms with Crippen molar-refractivity contribution in [2.45, 2.75) is 31.2 Å². The first-order valence-corrected chi connectivity index (χ1v) is 11.8. The van der Waals surface area contributed by atoms with Crippen LogP contribution in [-0.4, -0.2) is 61.3 Å². The first kappa shape index (κ1) is 19.5. The van der Waals surface area contributed by atoms with Crippen LogP contribution in [0.5, 0.6) is 0 Å². The van der Waals surface area contributed by atoms with Gasteiger partial charge in [-0.3, -0.25) is 0 Å². The molecular weight excluding hydrogens is 368 g/mol. The average Bonchev–Trinajstić information content (AvgIpc) is 2.67. The van der Waals surface area contributed by atoms with Crippen molar-refractivity contribution in [3.63, 3.8) is 0 Å². The van der Waals surface area contributed by atoms with E-state index in [0.29, 0.717) is 36.4 Å². The van der Waals surface area contributed by atoms with E-state index in [0.717, 1.165) is 43.0 Å². The number of benzene rings is 1. The zero-order chi connectivity index (χ0) is 18.6. The molecule has 3 rings (SSSR count). The molecule has 6 nitrogen and oxygen atoms in total. The molecule has 1 aromatic rings. The van der Waals surface area contributed by atoms with Gasteiger partial charge in [0.2, 0.25) is 10.0 Å². The highest BCUT2D eigenvalue weighted by Gasteiger charge is 2.28. The maximum Gasteiger partial charge on any atom is 0.243 e. The molecule has 0 saturated carbocycles. The van der Waals surface area contributed by atoms with Crippen molar-refractivity contribution in [1.29, 1.82) is 0 Å². The van der Waals surface area contributed by atoms with Gasteiger partial charge in [-0.2, -0.15) is 16.1 Å². The zero-order valence-electron chi connectivity index (χ0n) is 15.3. The molecule has 0 spiro atoms. The van der Waals surface area contributed by atoms with Crippen molar-refractivity contribution in [2.75, 3.05) is 37.7 Å². The summed E-state index contributed by atoms with van der Waals surface area (Å²) in [5.74, 6) is 3.16. The summed E-state index contributed by atoms with van der Waals surface area (Å²) in [6.45, 7) is 5.67. The highest BCUT2D eigenvalue weighted by molar-refractivity contribution is 7.99. The van der Waals surface area contributed by atoms with Crippen molar-refractivity contribution >= 4 is 27.7 Å². The number of sulfonamides is 1. The van der Waals surface area contributed by atoms with E-state index in [4.69, 9.17) is 5.73 Å². The van der Waals surface area contributed by atoms with Crippen LogP contribution in [0.3, 0.4) is 0 Å². The first-order valence-electron chi connectivity index (χ1n) is 9.18. The molecule has 0 aliphatic carbocycles. The molecule has 2 aliphatic rings. The van der Waals surface area contributed by atoms with Crippen LogP contribution in [0, 0.1) is 5.92 Å². The Morgan fingerprint density at radius 2 is 1.92 bits per heavy atom. The Hall–Kier alpha value is -1.25. The summed E-state index contributed by atoms with van der Waals surface area (Å²) < 4.78 is 27.2. The summed E-state index contributed by atoms with van der Waals surface area (Å²) in [4.78, 5) is 6.93. The normalized spacial score (nSPS) is 23.2. The van der Waals surface area contributed by atoms with Crippen LogP contribution in [0.1, 0.15) is 25.3 Å². The van der Waals surface area contributed by atoms with Crippen LogP contribution >= 0.6 is 11.8 Å². The van der Waals surface area contributed by atoms with Gasteiger partial charge in [0, 0.05) is 37.7 Å². The lowest BCUT2D eigenvalue weighted by molar-refractivity contribution is 0.281. The predicted octanol–water partition coefficient (Wildman–Crippen LogP) is 1.97. The standard InChI is InChI=1S/C18H28N4O2S2/c1-15-3-2-8-22(14-15)26(23,24)17-6-4-16(5-7-17)13-20-18(19)21-9-11-25-12-10-21/h4-7,15H,2-3,8-14H2,1H3,(H2,19,20). The van der Waals surface area contributed by atoms with Crippen LogP contribution in [-0.2, 0) is 16.6 Å². The molecule has 8 heteroatoms. The Morgan fingerprint density at radius 1 is 1.23 bits per heavy atom. The molecule has 0 bridgehead atoms. The molecule has 2 heterocycles. The Balaban J connectivity index is 1.64. The van der Waals surface area contributed by atoms with E-state index in [2.05, 4.69) is 16.8 Å². The first-order chi connectivity index (χ1) is 12.5. The molecule has 2 aliphatic heterocycles. The summed E-state index contributed by atoms with van der Waals surface area (Å²) >= 11 is 1.93. The van der Waals surface area contributed by atoms with Gasteiger partial charge in [-0.05, 0) is 36.5 Å². The maximum atomic E-state index is 12.8. The smallest absolute Gasteiger partial charge is 0.243 e. The van der Waals surface area contributed by atoms with E-state index in [1.54, 1.807) is 16.4 Å². The molecule has 2 N–H and O–H groups in total. The van der Waals surface area contributed by atoms with Gasteiger partial charge < -0.3 is 10.6 Å². The van der Waals surface area contributed by atoms with Gasteiger partial charge in [0.05, 0.1) is 11.4 Å². The number of nitrogens with two attached hydrogens (primary N) is 1. The molecule has 0 aromatic heterocycles. The number of rotatable bonds is 4. The molecule has 1 unspecified atom stereocenters. The SMILES string of the molecule is CC1CCCN(S(=O)(=O)c2ccc(CN=C(N)N3CCSCC3)cc2)C1. The quantitative estimate of drug-likeness (QED) is 0.622. The largest absolute Gasteiger partial charge is 0.370 e. The highest BCUT2D eigenvalue weighted by Crippen LogP contribution is 2.23. The van der Waals surface area contributed by atoms with Crippen LogP contribution in [0.2, 0.25) is 0 Å². The van der Waals surface area contributed by atoms with Gasteiger partial charge in [-0.15, -0.1) is 0 Å². The van der Waals surface area contributed by atoms with Gasteiger partial charge in [0.15, 0.2) is 5.96 Å². The summed E-state index contributed by atoms with van der Waals surface area (Å²) in [7, 11) is -3.40. The summed E-state index contributed by atoms with van der Waals surface area (Å²) in [5.41, 5.74) is 7.03. The van der Waals surface area contributed by atoms with E-state index in [1.165, 1.54) is 0 Å². The van der Waals surface area contributed by atoms with Crippen molar-refractivity contribution in [1.82, 2.24) is 9.21 Å². The second kappa shape index (κ2) is 8.63. The average molecular weight is 397 g/mol. The number of nitrogens with zero attached hydrogens (tertiary/aromatic N) is 3. The minimum absolute atomic E-state index is 0.361. The fourth-order valence-corrected chi connectivity index (χ4v) is 5.85. The lowest BCUT2D eigenvalue weighted by Crippen LogP contribution is -2.42. The fourth-order valence-electron chi connectivity index (χ4n) is 3.35. The van der Waals surface area contributed by atoms with Crippen LogP contribution in [0.25, 0.3) is 0 Å². The molecule has 0 amide bonds. The molecule has 2 fully saturated rings. The third-order valence-corrected chi connectivity index (χ3v) is 7.76. The summed E-state index contributed by atoms with van der Waals surface area (Å²) in [5, 5.41) is 0. The van der Waals surface area contributed by atoms with Crippen LogP contribution in [0.15, 0.2) is 34.2 Å². The van der Waals surface area contributed by atoms with E-state index in [-0.39, 0.29) is 0 Å². The number of guanidine groups is 1. The molecular formula is C18H28N4O2S2. The number of thioether (sulfide) groups is 1. The van der Waals surface area contributed by atoms with E-state index in [9.17, 15) is 8.42 Å². The van der Waals surface area contributed by atoms with Crippen molar-refractivity contribution in [2.24, 2.45) is 16.6 Å². The monoisotopic (exact) mass is 396 g/mol. The van der Waals surface area contributed by atoms with Gasteiger partial charge in [-0.25, -0.2) is 13.4 Å². The second-order valence-corrected chi connectivity index (χ2v) is 10.2. The van der Waals surface area contributed by atoms with E-state index in [1.807, 2.05) is 23.9 Å². The topological polar surface area (TPSA) is 79.0 Å². The summed E-state index contributed by atoms with van der Waals surface area (Å²) in [6.07, 6.45) is 2.03. The maximum absolute atomic E-state index is 12.8. The molecule has 1 aromatic carbocycles. The number of aliphatic imine (C=N–C) groups is 1.